The van der Waals surface area contributed by atoms with Crippen molar-refractivity contribution in [2.24, 2.45) is 10.7 Å². The minimum absolute atomic E-state index is 0.295. The standard InChI is InChI=1S/C23H29BrF4N2O6/c1-19(2,3)35-16(31)15-23(33-11-22(26,27)28,17(32)36-20(4,5)6)21(7,30-18(29)34-15)13-10-12(24)8-9-14(13)25/h8-10,15H,11H2,1-7H3,(H2,29,30)/t15?,21-,23-/m1/s1. The number of nitrogens with two attached hydrogens (primary N) is 1. The molecule has 1 heterocycles. The number of aliphatic imine (C=N–C) groups is 1. The molecule has 8 nitrogen and oxygen atoms in total. The van der Waals surface area contributed by atoms with Crippen molar-refractivity contribution in [3.05, 3.63) is 34.1 Å². The monoisotopic (exact) mass is 584 g/mol. The van der Waals surface area contributed by atoms with Crippen LogP contribution in [-0.4, -0.2) is 53.7 Å². The van der Waals surface area contributed by atoms with E-state index in [9.17, 15) is 22.8 Å². The number of alkyl halides is 3. The molecule has 0 bridgehead atoms. The Hall–Kier alpha value is -2.41. The number of hydrogen-bond donors (Lipinski definition) is 1. The smallest absolute Gasteiger partial charge is 0.411 e. The summed E-state index contributed by atoms with van der Waals surface area (Å²) >= 11 is 3.17. The van der Waals surface area contributed by atoms with Gasteiger partial charge in [-0.1, -0.05) is 15.9 Å². The molecule has 0 fully saturated rings. The van der Waals surface area contributed by atoms with Gasteiger partial charge in [-0.05, 0) is 66.7 Å². The lowest BCUT2D eigenvalue weighted by molar-refractivity contribution is -0.256. The first-order chi connectivity index (χ1) is 16.1. The van der Waals surface area contributed by atoms with Gasteiger partial charge in [0, 0.05) is 10.0 Å². The summed E-state index contributed by atoms with van der Waals surface area (Å²) in [5.41, 5.74) is -2.45. The summed E-state index contributed by atoms with van der Waals surface area (Å²) in [5.74, 6) is -3.73. The van der Waals surface area contributed by atoms with Crippen molar-refractivity contribution in [3.8, 4) is 0 Å². The van der Waals surface area contributed by atoms with Crippen molar-refractivity contribution in [1.82, 2.24) is 0 Å². The molecular weight excluding hydrogens is 556 g/mol. The van der Waals surface area contributed by atoms with E-state index in [1.807, 2.05) is 0 Å². The van der Waals surface area contributed by atoms with Crippen molar-refractivity contribution in [3.63, 3.8) is 0 Å². The van der Waals surface area contributed by atoms with Gasteiger partial charge in [0.05, 0.1) is 0 Å². The molecule has 2 N–H and O–H groups in total. The molecule has 1 aliphatic heterocycles. The fraction of sp³-hybridized carbons (Fsp3) is 0.609. The van der Waals surface area contributed by atoms with E-state index in [1.165, 1.54) is 53.7 Å². The summed E-state index contributed by atoms with van der Waals surface area (Å²) in [6.07, 6.45) is -7.23. The molecule has 2 rings (SSSR count). The second-order valence-electron chi connectivity index (χ2n) is 10.3. The van der Waals surface area contributed by atoms with Gasteiger partial charge in [0.25, 0.3) is 6.02 Å². The Morgan fingerprint density at radius 3 is 2.17 bits per heavy atom. The number of rotatable bonds is 5. The summed E-state index contributed by atoms with van der Waals surface area (Å²) < 4.78 is 77.3. The number of amidine groups is 1. The molecule has 1 aliphatic rings. The van der Waals surface area contributed by atoms with Crippen LogP contribution < -0.4 is 5.73 Å². The summed E-state index contributed by atoms with van der Waals surface area (Å²) in [6.45, 7) is 7.88. The van der Waals surface area contributed by atoms with Gasteiger partial charge in [0.1, 0.15) is 29.2 Å². The Bertz CT molecular complexity index is 1050. The fourth-order valence-electron chi connectivity index (χ4n) is 3.62. The largest absolute Gasteiger partial charge is 0.458 e. The van der Waals surface area contributed by atoms with Gasteiger partial charge >= 0.3 is 18.1 Å². The van der Waals surface area contributed by atoms with Gasteiger partial charge in [-0.15, -0.1) is 0 Å². The van der Waals surface area contributed by atoms with E-state index >= 15 is 4.39 Å². The topological polar surface area (TPSA) is 109 Å². The van der Waals surface area contributed by atoms with E-state index in [2.05, 4.69) is 20.9 Å². The van der Waals surface area contributed by atoms with Crippen molar-refractivity contribution >= 4 is 33.9 Å². The first-order valence-corrected chi connectivity index (χ1v) is 11.6. The molecule has 0 saturated heterocycles. The summed E-state index contributed by atoms with van der Waals surface area (Å²) in [4.78, 5) is 31.1. The normalized spacial score (nSPS) is 25.0. The molecule has 13 heteroatoms. The molecule has 0 aromatic heterocycles. The first kappa shape index (κ1) is 29.8. The van der Waals surface area contributed by atoms with Gasteiger partial charge < -0.3 is 24.7 Å². The van der Waals surface area contributed by atoms with E-state index in [1.54, 1.807) is 0 Å². The van der Waals surface area contributed by atoms with E-state index in [0.717, 1.165) is 13.0 Å². The predicted octanol–water partition coefficient (Wildman–Crippen LogP) is 4.52. The van der Waals surface area contributed by atoms with Gasteiger partial charge in [-0.25, -0.2) is 19.0 Å². The van der Waals surface area contributed by atoms with Gasteiger partial charge in [-0.2, -0.15) is 13.2 Å². The lowest BCUT2D eigenvalue weighted by Crippen LogP contribution is -2.71. The Morgan fingerprint density at radius 1 is 1.11 bits per heavy atom. The van der Waals surface area contributed by atoms with Crippen LogP contribution in [0.3, 0.4) is 0 Å². The zero-order valence-corrected chi connectivity index (χ0v) is 22.5. The van der Waals surface area contributed by atoms with Crippen LogP contribution in [0.5, 0.6) is 0 Å². The maximum Gasteiger partial charge on any atom is 0.411 e. The highest BCUT2D eigenvalue weighted by Gasteiger charge is 2.70. The Labute approximate surface area is 214 Å². The third kappa shape index (κ3) is 6.47. The maximum atomic E-state index is 15.2. The average Bonchev–Trinajstić information content (AvgIpc) is 2.65. The second kappa shape index (κ2) is 9.81. The summed E-state index contributed by atoms with van der Waals surface area (Å²) in [5, 5.41) is 0. The zero-order chi connectivity index (χ0) is 27.9. The second-order valence-corrected chi connectivity index (χ2v) is 11.2. The molecule has 0 radical (unpaired) electrons. The minimum Gasteiger partial charge on any atom is -0.458 e. The Morgan fingerprint density at radius 2 is 1.67 bits per heavy atom. The molecule has 1 aromatic carbocycles. The SMILES string of the molecule is CC(C)(C)OC(=O)C1OC(N)=N[C@](C)(c2cc(Br)ccc2F)[C@]1(OCC(F)(F)F)C(=O)OC(C)(C)C. The number of carbonyl (C=O) groups is 2. The van der Waals surface area contributed by atoms with Crippen molar-refractivity contribution in [2.45, 2.75) is 83.1 Å². The summed E-state index contributed by atoms with van der Waals surface area (Å²) in [7, 11) is 0. The highest BCUT2D eigenvalue weighted by Crippen LogP contribution is 2.49. The van der Waals surface area contributed by atoms with E-state index in [4.69, 9.17) is 24.7 Å². The maximum absolute atomic E-state index is 15.2. The minimum atomic E-state index is -4.98. The van der Waals surface area contributed by atoms with Gasteiger partial charge in [-0.3, -0.25) is 0 Å². The van der Waals surface area contributed by atoms with Crippen LogP contribution in [0.2, 0.25) is 0 Å². The fourth-order valence-corrected chi connectivity index (χ4v) is 3.98. The molecule has 0 spiro atoms. The number of ether oxygens (including phenoxy) is 4. The first-order valence-electron chi connectivity index (χ1n) is 10.8. The quantitative estimate of drug-likeness (QED) is 0.400. The third-order valence-corrected chi connectivity index (χ3v) is 5.40. The zero-order valence-electron chi connectivity index (χ0n) is 20.9. The number of carbonyl (C=O) groups excluding carboxylic acids is 2. The van der Waals surface area contributed by atoms with Crippen LogP contribution >= 0.6 is 15.9 Å². The highest BCUT2D eigenvalue weighted by molar-refractivity contribution is 9.10. The van der Waals surface area contributed by atoms with Crippen LogP contribution in [0.15, 0.2) is 27.7 Å². The predicted molar refractivity (Wildman–Crippen MR) is 124 cm³/mol. The summed E-state index contributed by atoms with van der Waals surface area (Å²) in [6, 6.07) is 2.80. The Kier molecular flexibility index (Phi) is 8.12. The van der Waals surface area contributed by atoms with E-state index in [0.29, 0.717) is 4.47 Å². The van der Waals surface area contributed by atoms with E-state index in [-0.39, 0.29) is 0 Å². The third-order valence-electron chi connectivity index (χ3n) is 4.90. The van der Waals surface area contributed by atoms with Crippen LogP contribution in [-0.2, 0) is 34.1 Å². The molecule has 3 atom stereocenters. The molecular formula is C23H29BrF4N2O6. The average molecular weight is 585 g/mol. The molecule has 0 amide bonds. The number of nitrogens with zero attached hydrogens (tertiary/aromatic N) is 1. The molecule has 202 valence electrons. The Balaban J connectivity index is 2.98. The number of benzene rings is 1. The molecule has 1 aromatic rings. The molecule has 0 aliphatic carbocycles. The van der Waals surface area contributed by atoms with Crippen molar-refractivity contribution in [2.75, 3.05) is 6.61 Å². The van der Waals surface area contributed by atoms with Crippen LogP contribution in [0.25, 0.3) is 0 Å². The molecule has 0 saturated carbocycles. The van der Waals surface area contributed by atoms with Gasteiger partial charge in [0.15, 0.2) is 0 Å². The van der Waals surface area contributed by atoms with Crippen LogP contribution in [0.1, 0.15) is 54.0 Å². The van der Waals surface area contributed by atoms with Crippen molar-refractivity contribution < 1.29 is 46.1 Å². The lowest BCUT2D eigenvalue weighted by atomic mass is 9.71. The number of hydrogen-bond acceptors (Lipinski definition) is 8. The number of esters is 2. The number of halogens is 5. The van der Waals surface area contributed by atoms with Crippen LogP contribution in [0, 0.1) is 5.82 Å². The van der Waals surface area contributed by atoms with Crippen LogP contribution in [0.4, 0.5) is 17.6 Å². The van der Waals surface area contributed by atoms with Gasteiger partial charge in [0.2, 0.25) is 11.7 Å². The molecule has 36 heavy (non-hydrogen) atoms. The van der Waals surface area contributed by atoms with Crippen molar-refractivity contribution in [1.29, 1.82) is 0 Å². The molecule has 1 unspecified atom stereocenters. The lowest BCUT2D eigenvalue weighted by Gasteiger charge is -2.49. The van der Waals surface area contributed by atoms with E-state index < -0.39 is 70.6 Å². The highest BCUT2D eigenvalue weighted by atomic mass is 79.9.